The molecule has 0 spiro atoms. The van der Waals surface area contributed by atoms with Crippen LogP contribution < -0.4 is 0 Å². The minimum atomic E-state index is 0.722. The smallest absolute Gasteiger partial charge is 0.0991 e. The monoisotopic (exact) mass is 213 g/mol. The summed E-state index contributed by atoms with van der Waals surface area (Å²) in [7, 11) is 0. The number of nitrogens with zero attached hydrogens (tertiary/aromatic N) is 1. The van der Waals surface area contributed by atoms with E-state index in [0.717, 1.165) is 12.0 Å². The summed E-state index contributed by atoms with van der Waals surface area (Å²) < 4.78 is 0. The second-order valence-corrected chi connectivity index (χ2v) is 3.99. The van der Waals surface area contributed by atoms with E-state index >= 15 is 0 Å². The van der Waals surface area contributed by atoms with Gasteiger partial charge in [-0.1, -0.05) is 50.5 Å². The lowest BCUT2D eigenvalue weighted by Crippen LogP contribution is -1.76. The van der Waals surface area contributed by atoms with Crippen molar-refractivity contribution in [2.24, 2.45) is 0 Å². The first kappa shape index (κ1) is 12.5. The number of benzene rings is 1. The van der Waals surface area contributed by atoms with Crippen molar-refractivity contribution in [1.29, 1.82) is 5.26 Å². The Morgan fingerprint density at radius 2 is 1.88 bits per heavy atom. The molecule has 1 rings (SSSR count). The molecule has 0 aliphatic heterocycles. The molecule has 0 amide bonds. The van der Waals surface area contributed by atoms with E-state index in [1.54, 1.807) is 0 Å². The van der Waals surface area contributed by atoms with Crippen molar-refractivity contribution in [3.63, 3.8) is 0 Å². The van der Waals surface area contributed by atoms with Crippen LogP contribution in [-0.2, 0) is 0 Å². The molecule has 0 fully saturated rings. The van der Waals surface area contributed by atoms with Crippen LogP contribution in [0.5, 0.6) is 0 Å². The quantitative estimate of drug-likeness (QED) is 0.636. The molecule has 0 atom stereocenters. The average Bonchev–Trinajstić information content (AvgIpc) is 2.34. The lowest BCUT2D eigenvalue weighted by molar-refractivity contribution is 0.675. The van der Waals surface area contributed by atoms with E-state index in [2.05, 4.69) is 25.1 Å². The molecular formula is C15H19N. The SMILES string of the molecule is CCCCCC/C=C/c1ccc(C#N)cc1. The minimum Gasteiger partial charge on any atom is -0.192 e. The molecule has 1 aromatic carbocycles. The Balaban J connectivity index is 2.30. The Hall–Kier alpha value is -1.55. The van der Waals surface area contributed by atoms with E-state index < -0.39 is 0 Å². The molecule has 1 aromatic rings. The molecule has 0 aliphatic carbocycles. The van der Waals surface area contributed by atoms with Gasteiger partial charge in [0.15, 0.2) is 0 Å². The minimum absolute atomic E-state index is 0.722. The van der Waals surface area contributed by atoms with Gasteiger partial charge in [-0.2, -0.15) is 5.26 Å². The number of unbranched alkanes of at least 4 members (excludes halogenated alkanes) is 4. The number of hydrogen-bond donors (Lipinski definition) is 0. The summed E-state index contributed by atoms with van der Waals surface area (Å²) in [6.45, 7) is 2.23. The first-order chi connectivity index (χ1) is 7.86. The Morgan fingerprint density at radius 3 is 2.50 bits per heavy atom. The van der Waals surface area contributed by atoms with Crippen LogP contribution in [0.15, 0.2) is 30.3 Å². The Kier molecular flexibility index (Phi) is 6.03. The highest BCUT2D eigenvalue weighted by molar-refractivity contribution is 5.50. The van der Waals surface area contributed by atoms with Gasteiger partial charge in [0.25, 0.3) is 0 Å². The second-order valence-electron chi connectivity index (χ2n) is 3.99. The van der Waals surface area contributed by atoms with Crippen LogP contribution in [0.3, 0.4) is 0 Å². The van der Waals surface area contributed by atoms with Crippen molar-refractivity contribution in [3.05, 3.63) is 41.5 Å². The summed E-state index contributed by atoms with van der Waals surface area (Å²) >= 11 is 0. The maximum absolute atomic E-state index is 8.66. The summed E-state index contributed by atoms with van der Waals surface area (Å²) in [4.78, 5) is 0. The third-order valence-electron chi connectivity index (χ3n) is 2.57. The van der Waals surface area contributed by atoms with Crippen molar-refractivity contribution in [2.75, 3.05) is 0 Å². The highest BCUT2D eigenvalue weighted by Crippen LogP contribution is 2.08. The van der Waals surface area contributed by atoms with Crippen LogP contribution in [-0.4, -0.2) is 0 Å². The van der Waals surface area contributed by atoms with Gasteiger partial charge in [-0.3, -0.25) is 0 Å². The van der Waals surface area contributed by atoms with Crippen LogP contribution in [0.1, 0.15) is 50.2 Å². The predicted octanol–water partition coefficient (Wildman–Crippen LogP) is 4.54. The first-order valence-electron chi connectivity index (χ1n) is 6.03. The van der Waals surface area contributed by atoms with Crippen molar-refractivity contribution in [2.45, 2.75) is 39.0 Å². The molecule has 84 valence electrons. The number of rotatable bonds is 6. The molecule has 0 saturated carbocycles. The van der Waals surface area contributed by atoms with Crippen LogP contribution in [0.25, 0.3) is 6.08 Å². The Morgan fingerprint density at radius 1 is 1.12 bits per heavy atom. The third-order valence-corrected chi connectivity index (χ3v) is 2.57. The molecule has 1 heteroatoms. The van der Waals surface area contributed by atoms with Gasteiger partial charge in [0.2, 0.25) is 0 Å². The van der Waals surface area contributed by atoms with Gasteiger partial charge in [-0.15, -0.1) is 0 Å². The summed E-state index contributed by atoms with van der Waals surface area (Å²) in [5.74, 6) is 0. The van der Waals surface area contributed by atoms with Crippen molar-refractivity contribution >= 4 is 6.08 Å². The summed E-state index contributed by atoms with van der Waals surface area (Å²) in [6, 6.07) is 9.81. The topological polar surface area (TPSA) is 23.8 Å². The van der Waals surface area contributed by atoms with E-state index in [0.29, 0.717) is 0 Å². The molecule has 0 unspecified atom stereocenters. The number of hydrogen-bond acceptors (Lipinski definition) is 1. The highest BCUT2D eigenvalue weighted by atomic mass is 14.2. The van der Waals surface area contributed by atoms with Gasteiger partial charge < -0.3 is 0 Å². The van der Waals surface area contributed by atoms with Crippen molar-refractivity contribution < 1.29 is 0 Å². The molecule has 0 saturated heterocycles. The van der Waals surface area contributed by atoms with Gasteiger partial charge in [0.05, 0.1) is 11.6 Å². The van der Waals surface area contributed by atoms with Gasteiger partial charge in [-0.25, -0.2) is 0 Å². The second kappa shape index (κ2) is 7.70. The van der Waals surface area contributed by atoms with Crippen LogP contribution >= 0.6 is 0 Å². The fourth-order valence-corrected chi connectivity index (χ4v) is 1.58. The van der Waals surface area contributed by atoms with E-state index in [4.69, 9.17) is 5.26 Å². The lowest BCUT2D eigenvalue weighted by Gasteiger charge is -1.95. The van der Waals surface area contributed by atoms with Crippen LogP contribution in [0, 0.1) is 11.3 Å². The molecule has 16 heavy (non-hydrogen) atoms. The Bertz CT molecular complexity index is 354. The fraction of sp³-hybridized carbons (Fsp3) is 0.400. The zero-order chi connectivity index (χ0) is 11.6. The zero-order valence-corrected chi connectivity index (χ0v) is 9.95. The molecule has 0 aliphatic rings. The summed E-state index contributed by atoms with van der Waals surface area (Å²) in [6.07, 6.45) is 10.7. The summed E-state index contributed by atoms with van der Waals surface area (Å²) in [5, 5.41) is 8.66. The maximum Gasteiger partial charge on any atom is 0.0991 e. The average molecular weight is 213 g/mol. The van der Waals surface area contributed by atoms with E-state index in [1.807, 2.05) is 24.3 Å². The van der Waals surface area contributed by atoms with Crippen LogP contribution in [0.4, 0.5) is 0 Å². The highest BCUT2D eigenvalue weighted by Gasteiger charge is 1.89. The summed E-state index contributed by atoms with van der Waals surface area (Å²) in [5.41, 5.74) is 1.90. The lowest BCUT2D eigenvalue weighted by atomic mass is 10.1. The molecule has 0 aromatic heterocycles. The molecule has 0 N–H and O–H groups in total. The molecule has 0 heterocycles. The number of nitriles is 1. The van der Waals surface area contributed by atoms with E-state index in [9.17, 15) is 0 Å². The third kappa shape index (κ3) is 4.79. The van der Waals surface area contributed by atoms with Gasteiger partial charge >= 0.3 is 0 Å². The van der Waals surface area contributed by atoms with Crippen molar-refractivity contribution in [1.82, 2.24) is 0 Å². The first-order valence-corrected chi connectivity index (χ1v) is 6.03. The normalized spacial score (nSPS) is 10.5. The zero-order valence-electron chi connectivity index (χ0n) is 9.95. The predicted molar refractivity (Wildman–Crippen MR) is 69.0 cm³/mol. The largest absolute Gasteiger partial charge is 0.192 e. The maximum atomic E-state index is 8.66. The van der Waals surface area contributed by atoms with Gasteiger partial charge in [-0.05, 0) is 30.5 Å². The molecule has 0 bridgehead atoms. The van der Waals surface area contributed by atoms with Gasteiger partial charge in [0, 0.05) is 0 Å². The van der Waals surface area contributed by atoms with Crippen LogP contribution in [0.2, 0.25) is 0 Å². The number of allylic oxidation sites excluding steroid dienone is 1. The standard InChI is InChI=1S/C15H19N/c1-2-3-4-5-6-7-8-14-9-11-15(13-16)12-10-14/h7-12H,2-6H2,1H3/b8-7+. The van der Waals surface area contributed by atoms with E-state index in [1.165, 1.54) is 31.2 Å². The molecular weight excluding hydrogens is 194 g/mol. The van der Waals surface area contributed by atoms with Gasteiger partial charge in [0.1, 0.15) is 0 Å². The fourth-order valence-electron chi connectivity index (χ4n) is 1.58. The Labute approximate surface area is 98.4 Å². The molecule has 1 nitrogen and oxygen atoms in total. The van der Waals surface area contributed by atoms with Crippen molar-refractivity contribution in [3.8, 4) is 6.07 Å². The molecule has 0 radical (unpaired) electrons. The van der Waals surface area contributed by atoms with E-state index in [-0.39, 0.29) is 0 Å².